The summed E-state index contributed by atoms with van der Waals surface area (Å²) in [6.07, 6.45) is -0.643. The third kappa shape index (κ3) is 4.73. The Balaban J connectivity index is 2.05. The summed E-state index contributed by atoms with van der Waals surface area (Å²) in [5, 5.41) is 5.05. The van der Waals surface area contributed by atoms with E-state index in [1.807, 2.05) is 48.5 Å². The number of methoxy groups -OCH3 is 1. The van der Waals surface area contributed by atoms with Gasteiger partial charge >= 0.3 is 6.09 Å². The molecular formula is C19H23N3O3. The highest BCUT2D eigenvalue weighted by Crippen LogP contribution is 2.32. The van der Waals surface area contributed by atoms with Crippen LogP contribution in [0.5, 0.6) is 0 Å². The number of anilines is 2. The summed E-state index contributed by atoms with van der Waals surface area (Å²) >= 11 is 0. The summed E-state index contributed by atoms with van der Waals surface area (Å²) in [6, 6.07) is 15.4. The second-order valence-electron chi connectivity index (χ2n) is 6.22. The van der Waals surface area contributed by atoms with Crippen molar-refractivity contribution < 1.29 is 14.3 Å². The fourth-order valence-electron chi connectivity index (χ4n) is 2.47. The van der Waals surface area contributed by atoms with Crippen LogP contribution >= 0.6 is 0 Å². The first-order chi connectivity index (χ1) is 11.8. The molecule has 0 aliphatic heterocycles. The topological polar surface area (TPSA) is 93.4 Å². The van der Waals surface area contributed by atoms with E-state index in [-0.39, 0.29) is 17.9 Å². The predicted octanol–water partition coefficient (Wildman–Crippen LogP) is 2.89. The molecule has 0 bridgehead atoms. The Morgan fingerprint density at radius 1 is 1.00 bits per heavy atom. The Hall–Kier alpha value is -3.02. The Labute approximate surface area is 147 Å². The third-order valence-electron chi connectivity index (χ3n) is 4.10. The van der Waals surface area contributed by atoms with Crippen molar-refractivity contribution in [2.45, 2.75) is 19.3 Å². The first kappa shape index (κ1) is 18.3. The van der Waals surface area contributed by atoms with Gasteiger partial charge in [-0.2, -0.15) is 0 Å². The molecule has 0 radical (unpaired) electrons. The second-order valence-corrected chi connectivity index (χ2v) is 6.22. The molecule has 0 saturated carbocycles. The van der Waals surface area contributed by atoms with Gasteiger partial charge in [0.1, 0.15) is 6.54 Å². The Morgan fingerprint density at radius 3 is 2.04 bits per heavy atom. The maximum absolute atomic E-state index is 11.8. The SMILES string of the molecule is COC(=O)NCC(=O)Nc1ccc(C(C)(C)c2ccc(N)cc2)cc1. The summed E-state index contributed by atoms with van der Waals surface area (Å²) in [4.78, 5) is 22.7. The number of rotatable bonds is 5. The molecule has 25 heavy (non-hydrogen) atoms. The summed E-state index contributed by atoms with van der Waals surface area (Å²) in [5.74, 6) is -0.323. The van der Waals surface area contributed by atoms with Gasteiger partial charge in [-0.3, -0.25) is 4.79 Å². The monoisotopic (exact) mass is 341 g/mol. The number of nitrogen functional groups attached to an aromatic ring is 1. The van der Waals surface area contributed by atoms with Crippen molar-refractivity contribution in [3.8, 4) is 0 Å². The molecular weight excluding hydrogens is 318 g/mol. The molecule has 2 amide bonds. The van der Waals surface area contributed by atoms with Crippen molar-refractivity contribution in [3.63, 3.8) is 0 Å². The lowest BCUT2D eigenvalue weighted by molar-refractivity contribution is -0.115. The molecule has 4 N–H and O–H groups in total. The molecule has 2 rings (SSSR count). The minimum Gasteiger partial charge on any atom is -0.453 e. The van der Waals surface area contributed by atoms with Crippen LogP contribution in [0.2, 0.25) is 0 Å². The fraction of sp³-hybridized carbons (Fsp3) is 0.263. The molecule has 0 unspecified atom stereocenters. The second kappa shape index (κ2) is 7.70. The number of ether oxygens (including phenoxy) is 1. The first-order valence-corrected chi connectivity index (χ1v) is 7.91. The summed E-state index contributed by atoms with van der Waals surface area (Å²) in [7, 11) is 1.24. The van der Waals surface area contributed by atoms with E-state index in [4.69, 9.17) is 5.73 Å². The van der Waals surface area contributed by atoms with Crippen molar-refractivity contribution in [2.24, 2.45) is 0 Å². The van der Waals surface area contributed by atoms with Gasteiger partial charge in [-0.1, -0.05) is 38.1 Å². The number of benzene rings is 2. The molecule has 6 heteroatoms. The number of nitrogens with one attached hydrogen (secondary N) is 2. The number of nitrogens with two attached hydrogens (primary N) is 1. The predicted molar refractivity (Wildman–Crippen MR) is 98.5 cm³/mol. The van der Waals surface area contributed by atoms with Gasteiger partial charge in [-0.15, -0.1) is 0 Å². The molecule has 2 aromatic rings. The Morgan fingerprint density at radius 2 is 1.52 bits per heavy atom. The molecule has 0 aliphatic rings. The molecule has 0 aromatic heterocycles. The van der Waals surface area contributed by atoms with Gasteiger partial charge < -0.3 is 21.1 Å². The minimum atomic E-state index is -0.643. The first-order valence-electron chi connectivity index (χ1n) is 7.91. The van der Waals surface area contributed by atoms with Crippen LogP contribution in [0.25, 0.3) is 0 Å². The standard InChI is InChI=1S/C19H23N3O3/c1-19(2,13-4-8-15(20)9-5-13)14-6-10-16(11-7-14)22-17(23)12-21-18(24)25-3/h4-11H,12,20H2,1-3H3,(H,21,24)(H,22,23). The van der Waals surface area contributed by atoms with Crippen molar-refractivity contribution in [1.29, 1.82) is 0 Å². The molecule has 0 heterocycles. The molecule has 132 valence electrons. The van der Waals surface area contributed by atoms with Crippen molar-refractivity contribution in [2.75, 3.05) is 24.7 Å². The highest BCUT2D eigenvalue weighted by molar-refractivity contribution is 5.93. The van der Waals surface area contributed by atoms with E-state index in [0.717, 1.165) is 16.8 Å². The van der Waals surface area contributed by atoms with E-state index < -0.39 is 6.09 Å². The summed E-state index contributed by atoms with van der Waals surface area (Å²) < 4.78 is 4.42. The molecule has 6 nitrogen and oxygen atoms in total. The number of carbonyl (C=O) groups excluding carboxylic acids is 2. The molecule has 0 atom stereocenters. The average Bonchev–Trinajstić information content (AvgIpc) is 2.60. The van der Waals surface area contributed by atoms with Gasteiger partial charge in [0.25, 0.3) is 0 Å². The number of carbonyl (C=O) groups is 2. The molecule has 2 aromatic carbocycles. The van der Waals surface area contributed by atoms with Gasteiger partial charge in [0, 0.05) is 16.8 Å². The number of hydrogen-bond acceptors (Lipinski definition) is 4. The number of amides is 2. The maximum atomic E-state index is 11.8. The smallest absolute Gasteiger partial charge is 0.407 e. The van der Waals surface area contributed by atoms with Crippen molar-refractivity contribution in [1.82, 2.24) is 5.32 Å². The van der Waals surface area contributed by atoms with E-state index in [1.165, 1.54) is 7.11 Å². The van der Waals surface area contributed by atoms with Gasteiger partial charge in [0.15, 0.2) is 0 Å². The van der Waals surface area contributed by atoms with Crippen LogP contribution in [0, 0.1) is 0 Å². The summed E-state index contributed by atoms with van der Waals surface area (Å²) in [6.45, 7) is 4.12. The van der Waals surface area contributed by atoms with Crippen LogP contribution in [0.3, 0.4) is 0 Å². The van der Waals surface area contributed by atoms with Crippen LogP contribution < -0.4 is 16.4 Å². The zero-order valence-corrected chi connectivity index (χ0v) is 14.6. The highest BCUT2D eigenvalue weighted by Gasteiger charge is 2.22. The quantitative estimate of drug-likeness (QED) is 0.729. The minimum absolute atomic E-state index is 0.147. The van der Waals surface area contributed by atoms with Crippen LogP contribution in [-0.4, -0.2) is 25.7 Å². The lowest BCUT2D eigenvalue weighted by atomic mass is 9.78. The Bertz CT molecular complexity index is 738. The number of alkyl carbamates (subject to hydrolysis) is 1. The lowest BCUT2D eigenvalue weighted by Gasteiger charge is -2.26. The van der Waals surface area contributed by atoms with Gasteiger partial charge in [0.2, 0.25) is 5.91 Å². The van der Waals surface area contributed by atoms with E-state index >= 15 is 0 Å². The zero-order chi connectivity index (χ0) is 18.4. The highest BCUT2D eigenvalue weighted by atomic mass is 16.5. The van der Waals surface area contributed by atoms with Gasteiger partial charge in [0.05, 0.1) is 7.11 Å². The molecule has 0 fully saturated rings. The Kier molecular flexibility index (Phi) is 5.64. The van der Waals surface area contributed by atoms with Gasteiger partial charge in [-0.05, 0) is 35.4 Å². The maximum Gasteiger partial charge on any atom is 0.407 e. The third-order valence-corrected chi connectivity index (χ3v) is 4.10. The van der Waals surface area contributed by atoms with Crippen molar-refractivity contribution in [3.05, 3.63) is 59.7 Å². The van der Waals surface area contributed by atoms with E-state index in [9.17, 15) is 9.59 Å². The fourth-order valence-corrected chi connectivity index (χ4v) is 2.47. The molecule has 0 aliphatic carbocycles. The largest absolute Gasteiger partial charge is 0.453 e. The van der Waals surface area contributed by atoms with E-state index in [1.54, 1.807) is 0 Å². The van der Waals surface area contributed by atoms with E-state index in [0.29, 0.717) is 5.69 Å². The zero-order valence-electron chi connectivity index (χ0n) is 14.6. The van der Waals surface area contributed by atoms with Crippen LogP contribution in [-0.2, 0) is 14.9 Å². The van der Waals surface area contributed by atoms with Crippen molar-refractivity contribution >= 4 is 23.4 Å². The molecule has 0 spiro atoms. The van der Waals surface area contributed by atoms with E-state index in [2.05, 4.69) is 29.2 Å². The van der Waals surface area contributed by atoms with Crippen LogP contribution in [0.15, 0.2) is 48.5 Å². The normalized spacial score (nSPS) is 10.8. The average molecular weight is 341 g/mol. The summed E-state index contributed by atoms with van der Waals surface area (Å²) in [5.41, 5.74) is 9.22. The molecule has 0 saturated heterocycles. The van der Waals surface area contributed by atoms with Crippen LogP contribution in [0.4, 0.5) is 16.2 Å². The lowest BCUT2D eigenvalue weighted by Crippen LogP contribution is -2.32. The number of hydrogen-bond donors (Lipinski definition) is 3. The van der Waals surface area contributed by atoms with Gasteiger partial charge in [-0.25, -0.2) is 4.79 Å². The van der Waals surface area contributed by atoms with Crippen LogP contribution in [0.1, 0.15) is 25.0 Å².